The number of benzene rings is 2. The molecule has 2 fully saturated rings. The van der Waals surface area contributed by atoms with E-state index in [4.69, 9.17) is 0 Å². The minimum atomic E-state index is -0.347. The molecule has 5 rings (SSSR count). The summed E-state index contributed by atoms with van der Waals surface area (Å²) in [4.78, 5) is 16.9. The van der Waals surface area contributed by atoms with Crippen LogP contribution in [0.15, 0.2) is 54.7 Å². The van der Waals surface area contributed by atoms with Crippen LogP contribution in [0, 0.1) is 23.0 Å². The summed E-state index contributed by atoms with van der Waals surface area (Å²) in [6.45, 7) is 0. The SMILES string of the molecule is O=C(Nc1cccc(F)c1)C1CC2(CCC(c3ccnc4ccc(F)cc34)CC2)C1. The van der Waals surface area contributed by atoms with Gasteiger partial charge in [-0.15, -0.1) is 0 Å². The number of anilines is 1. The third-order valence-corrected chi connectivity index (χ3v) is 7.05. The van der Waals surface area contributed by atoms with E-state index in [1.807, 2.05) is 12.3 Å². The highest BCUT2D eigenvalue weighted by molar-refractivity contribution is 5.93. The smallest absolute Gasteiger partial charge is 0.227 e. The topological polar surface area (TPSA) is 42.0 Å². The van der Waals surface area contributed by atoms with Crippen molar-refractivity contribution in [1.29, 1.82) is 0 Å². The Labute approximate surface area is 174 Å². The summed E-state index contributed by atoms with van der Waals surface area (Å²) in [6, 6.07) is 12.8. The number of nitrogens with zero attached hydrogens (tertiary/aromatic N) is 1. The predicted molar refractivity (Wildman–Crippen MR) is 113 cm³/mol. The minimum absolute atomic E-state index is 0.000619. The van der Waals surface area contributed by atoms with Gasteiger partial charge in [0.15, 0.2) is 0 Å². The number of fused-ring (bicyclic) bond motifs is 1. The van der Waals surface area contributed by atoms with Gasteiger partial charge in [-0.1, -0.05) is 6.07 Å². The minimum Gasteiger partial charge on any atom is -0.326 e. The first-order valence-corrected chi connectivity index (χ1v) is 10.6. The first-order chi connectivity index (χ1) is 14.5. The zero-order valence-electron chi connectivity index (χ0n) is 16.7. The number of hydrogen-bond acceptors (Lipinski definition) is 2. The van der Waals surface area contributed by atoms with Crippen LogP contribution in [0.1, 0.15) is 50.0 Å². The fourth-order valence-corrected chi connectivity index (χ4v) is 5.43. The lowest BCUT2D eigenvalue weighted by Crippen LogP contribution is -2.45. The molecule has 0 unspecified atom stereocenters. The van der Waals surface area contributed by atoms with Crippen LogP contribution >= 0.6 is 0 Å². The molecule has 1 amide bonds. The van der Waals surface area contributed by atoms with Crippen molar-refractivity contribution in [3.63, 3.8) is 0 Å². The summed E-state index contributed by atoms with van der Waals surface area (Å²) in [5, 5.41) is 3.76. The Kier molecular flexibility index (Phi) is 4.76. The van der Waals surface area contributed by atoms with Gasteiger partial charge in [-0.2, -0.15) is 0 Å². The zero-order chi connectivity index (χ0) is 20.7. The van der Waals surface area contributed by atoms with Gasteiger partial charge in [-0.25, -0.2) is 8.78 Å². The Morgan fingerprint density at radius 2 is 1.77 bits per heavy atom. The second-order valence-corrected chi connectivity index (χ2v) is 8.94. The average Bonchev–Trinajstić information content (AvgIpc) is 2.71. The molecule has 30 heavy (non-hydrogen) atoms. The summed E-state index contributed by atoms with van der Waals surface area (Å²) in [6.07, 6.45) is 7.87. The van der Waals surface area contributed by atoms with E-state index in [0.717, 1.165) is 49.4 Å². The molecule has 0 aliphatic heterocycles. The molecule has 0 bridgehead atoms. The summed E-state index contributed by atoms with van der Waals surface area (Å²) < 4.78 is 27.1. The molecule has 5 heteroatoms. The molecule has 3 aromatic rings. The van der Waals surface area contributed by atoms with Crippen molar-refractivity contribution in [2.75, 3.05) is 5.32 Å². The number of hydrogen-bond donors (Lipinski definition) is 1. The van der Waals surface area contributed by atoms with Crippen molar-refractivity contribution in [3.8, 4) is 0 Å². The highest BCUT2D eigenvalue weighted by Crippen LogP contribution is 2.57. The van der Waals surface area contributed by atoms with Gasteiger partial charge in [-0.05, 0) is 97.9 Å². The van der Waals surface area contributed by atoms with E-state index in [2.05, 4.69) is 10.3 Å². The number of halogens is 2. The van der Waals surface area contributed by atoms with Gasteiger partial charge in [-0.3, -0.25) is 9.78 Å². The van der Waals surface area contributed by atoms with E-state index in [-0.39, 0.29) is 28.9 Å². The molecule has 0 saturated heterocycles. The fraction of sp³-hybridized carbons (Fsp3) is 0.360. The van der Waals surface area contributed by atoms with Crippen molar-refractivity contribution >= 4 is 22.5 Å². The van der Waals surface area contributed by atoms with Crippen molar-refractivity contribution in [2.24, 2.45) is 11.3 Å². The molecule has 1 heterocycles. The van der Waals surface area contributed by atoms with Crippen LogP contribution in [0.4, 0.5) is 14.5 Å². The number of aromatic nitrogens is 1. The van der Waals surface area contributed by atoms with Crippen molar-refractivity contribution in [2.45, 2.75) is 44.4 Å². The van der Waals surface area contributed by atoms with E-state index >= 15 is 0 Å². The van der Waals surface area contributed by atoms with Gasteiger partial charge < -0.3 is 5.32 Å². The summed E-state index contributed by atoms with van der Waals surface area (Å²) >= 11 is 0. The molecular formula is C25H24F2N2O. The third-order valence-electron chi connectivity index (χ3n) is 7.05. The molecule has 0 atom stereocenters. The number of amides is 1. The van der Waals surface area contributed by atoms with Crippen LogP contribution in [0.5, 0.6) is 0 Å². The summed E-state index contributed by atoms with van der Waals surface area (Å²) in [5.41, 5.74) is 2.79. The van der Waals surface area contributed by atoms with Crippen LogP contribution < -0.4 is 5.32 Å². The largest absolute Gasteiger partial charge is 0.326 e. The number of carbonyl (C=O) groups is 1. The molecular weight excluding hydrogens is 382 g/mol. The molecule has 2 saturated carbocycles. The maximum absolute atomic E-state index is 13.8. The lowest BCUT2D eigenvalue weighted by molar-refractivity contribution is -0.128. The van der Waals surface area contributed by atoms with E-state index in [1.54, 1.807) is 24.3 Å². The second-order valence-electron chi connectivity index (χ2n) is 8.94. The molecule has 1 aromatic heterocycles. The molecule has 1 N–H and O–H groups in total. The Morgan fingerprint density at radius 1 is 1.00 bits per heavy atom. The highest BCUT2D eigenvalue weighted by atomic mass is 19.1. The van der Waals surface area contributed by atoms with Crippen LogP contribution in [0.25, 0.3) is 10.9 Å². The second kappa shape index (κ2) is 7.46. The molecule has 0 radical (unpaired) electrons. The van der Waals surface area contributed by atoms with Crippen LogP contribution in [0.3, 0.4) is 0 Å². The van der Waals surface area contributed by atoms with Gasteiger partial charge >= 0.3 is 0 Å². The van der Waals surface area contributed by atoms with E-state index in [9.17, 15) is 13.6 Å². The number of nitrogens with one attached hydrogen (secondary N) is 1. The normalized spacial score (nSPS) is 25.8. The van der Waals surface area contributed by atoms with Crippen LogP contribution in [0.2, 0.25) is 0 Å². The van der Waals surface area contributed by atoms with Crippen LogP contribution in [-0.4, -0.2) is 10.9 Å². The maximum Gasteiger partial charge on any atom is 0.227 e. The Morgan fingerprint density at radius 3 is 2.53 bits per heavy atom. The Balaban J connectivity index is 1.21. The molecule has 154 valence electrons. The molecule has 2 aliphatic carbocycles. The van der Waals surface area contributed by atoms with E-state index in [0.29, 0.717) is 11.6 Å². The summed E-state index contributed by atoms with van der Waals surface area (Å²) in [5.74, 6) is -0.178. The standard InChI is InChI=1S/C25H24F2N2O/c26-18-2-1-3-20(12-18)29-24(30)17-14-25(15-17)9-6-16(7-10-25)21-8-11-28-23-5-4-19(27)13-22(21)23/h1-5,8,11-13,16-17H,6-7,9-10,14-15H2,(H,29,30). The summed E-state index contributed by atoms with van der Waals surface area (Å²) in [7, 11) is 0. The lowest BCUT2D eigenvalue weighted by Gasteiger charge is -2.51. The first kappa shape index (κ1) is 19.2. The number of rotatable bonds is 3. The molecule has 1 spiro atoms. The van der Waals surface area contributed by atoms with Gasteiger partial charge in [0, 0.05) is 23.2 Å². The maximum atomic E-state index is 13.8. The molecule has 2 aromatic carbocycles. The van der Waals surface area contributed by atoms with Crippen LogP contribution in [-0.2, 0) is 4.79 Å². The van der Waals surface area contributed by atoms with Crippen molar-refractivity contribution in [1.82, 2.24) is 4.98 Å². The van der Waals surface area contributed by atoms with E-state index < -0.39 is 0 Å². The van der Waals surface area contributed by atoms with Gasteiger partial charge in [0.05, 0.1) is 5.52 Å². The first-order valence-electron chi connectivity index (χ1n) is 10.6. The quantitative estimate of drug-likeness (QED) is 0.562. The zero-order valence-corrected chi connectivity index (χ0v) is 16.7. The van der Waals surface area contributed by atoms with Crippen molar-refractivity contribution < 1.29 is 13.6 Å². The fourth-order valence-electron chi connectivity index (χ4n) is 5.43. The number of carbonyl (C=O) groups excluding carboxylic acids is 1. The Hall–Kier alpha value is -2.82. The predicted octanol–water partition coefficient (Wildman–Crippen LogP) is 6.21. The lowest BCUT2D eigenvalue weighted by atomic mass is 9.54. The van der Waals surface area contributed by atoms with Gasteiger partial charge in [0.1, 0.15) is 11.6 Å². The van der Waals surface area contributed by atoms with Crippen molar-refractivity contribution in [3.05, 3.63) is 71.9 Å². The average molecular weight is 406 g/mol. The molecule has 3 nitrogen and oxygen atoms in total. The monoisotopic (exact) mass is 406 g/mol. The van der Waals surface area contributed by atoms with E-state index in [1.165, 1.54) is 23.8 Å². The molecule has 2 aliphatic rings. The number of pyridine rings is 1. The third kappa shape index (κ3) is 3.57. The highest BCUT2D eigenvalue weighted by Gasteiger charge is 2.48. The van der Waals surface area contributed by atoms with Gasteiger partial charge in [0.25, 0.3) is 0 Å². The Bertz CT molecular complexity index is 1100. The van der Waals surface area contributed by atoms with Gasteiger partial charge in [0.2, 0.25) is 5.91 Å².